The molecular weight excluding hydrogens is 192 g/mol. The Morgan fingerprint density at radius 1 is 1.13 bits per heavy atom. The molecule has 0 spiro atoms. The lowest BCUT2D eigenvalue weighted by molar-refractivity contribution is -0.137. The molecule has 0 fully saturated rings. The smallest absolute Gasteiger partial charge is 0.303 e. The SMILES string of the molecule is CC(=O)/C=C/C=C/CCCCCC(=O)O. The van der Waals surface area contributed by atoms with Crippen molar-refractivity contribution in [1.82, 2.24) is 0 Å². The Balaban J connectivity index is 3.31. The van der Waals surface area contributed by atoms with E-state index in [1.807, 2.05) is 12.2 Å². The summed E-state index contributed by atoms with van der Waals surface area (Å²) < 4.78 is 0. The summed E-state index contributed by atoms with van der Waals surface area (Å²) in [6, 6.07) is 0. The van der Waals surface area contributed by atoms with Gasteiger partial charge in [-0.2, -0.15) is 0 Å². The molecule has 0 aliphatic carbocycles. The fraction of sp³-hybridized carbons (Fsp3) is 0.500. The highest BCUT2D eigenvalue weighted by molar-refractivity contribution is 5.87. The Kier molecular flexibility index (Phi) is 8.34. The third kappa shape index (κ3) is 12.6. The molecule has 15 heavy (non-hydrogen) atoms. The zero-order valence-electron chi connectivity index (χ0n) is 9.11. The predicted molar refractivity (Wildman–Crippen MR) is 59.7 cm³/mol. The molecule has 0 atom stereocenters. The molecule has 0 saturated carbocycles. The van der Waals surface area contributed by atoms with Crippen LogP contribution >= 0.6 is 0 Å². The average Bonchev–Trinajstić information content (AvgIpc) is 2.14. The molecule has 3 heteroatoms. The van der Waals surface area contributed by atoms with Gasteiger partial charge in [0, 0.05) is 6.42 Å². The molecule has 0 amide bonds. The van der Waals surface area contributed by atoms with E-state index in [0.29, 0.717) is 0 Å². The highest BCUT2D eigenvalue weighted by Gasteiger charge is 1.94. The molecule has 0 aromatic carbocycles. The van der Waals surface area contributed by atoms with E-state index < -0.39 is 5.97 Å². The van der Waals surface area contributed by atoms with E-state index in [2.05, 4.69) is 0 Å². The van der Waals surface area contributed by atoms with Gasteiger partial charge in [-0.25, -0.2) is 0 Å². The standard InChI is InChI=1S/C12H18O3/c1-11(13)9-7-5-3-2-4-6-8-10-12(14)15/h3,5,7,9H,2,4,6,8,10H2,1H3,(H,14,15)/b5-3+,9-7+. The summed E-state index contributed by atoms with van der Waals surface area (Å²) in [5, 5.41) is 8.38. The van der Waals surface area contributed by atoms with Crippen molar-refractivity contribution in [2.24, 2.45) is 0 Å². The number of hydrogen-bond acceptors (Lipinski definition) is 2. The van der Waals surface area contributed by atoms with Gasteiger partial charge in [0.1, 0.15) is 0 Å². The van der Waals surface area contributed by atoms with E-state index in [0.717, 1.165) is 25.7 Å². The monoisotopic (exact) mass is 210 g/mol. The van der Waals surface area contributed by atoms with Gasteiger partial charge in [0.25, 0.3) is 0 Å². The summed E-state index contributed by atoms with van der Waals surface area (Å²) in [7, 11) is 0. The highest BCUT2D eigenvalue weighted by Crippen LogP contribution is 2.03. The highest BCUT2D eigenvalue weighted by atomic mass is 16.4. The van der Waals surface area contributed by atoms with Crippen molar-refractivity contribution in [2.45, 2.75) is 39.0 Å². The quantitative estimate of drug-likeness (QED) is 0.380. The molecule has 0 bridgehead atoms. The number of ketones is 1. The van der Waals surface area contributed by atoms with E-state index in [1.165, 1.54) is 13.0 Å². The molecule has 0 aromatic rings. The summed E-state index contributed by atoms with van der Waals surface area (Å²) in [4.78, 5) is 20.7. The van der Waals surface area contributed by atoms with Crippen LogP contribution in [0, 0.1) is 0 Å². The Morgan fingerprint density at radius 3 is 2.47 bits per heavy atom. The van der Waals surface area contributed by atoms with Crippen LogP contribution in [0.25, 0.3) is 0 Å². The van der Waals surface area contributed by atoms with Crippen molar-refractivity contribution >= 4 is 11.8 Å². The molecular formula is C12H18O3. The summed E-state index contributed by atoms with van der Waals surface area (Å²) in [5.74, 6) is -0.684. The first-order valence-electron chi connectivity index (χ1n) is 5.18. The van der Waals surface area contributed by atoms with Crippen LogP contribution in [0.1, 0.15) is 39.0 Å². The minimum atomic E-state index is -0.727. The Hall–Kier alpha value is -1.38. The first-order valence-corrected chi connectivity index (χ1v) is 5.18. The molecule has 0 unspecified atom stereocenters. The van der Waals surface area contributed by atoms with Gasteiger partial charge in [0.2, 0.25) is 0 Å². The van der Waals surface area contributed by atoms with Crippen LogP contribution in [0.15, 0.2) is 24.3 Å². The maximum Gasteiger partial charge on any atom is 0.303 e. The molecule has 0 aliphatic heterocycles. The van der Waals surface area contributed by atoms with Crippen LogP contribution in [0.3, 0.4) is 0 Å². The first-order chi connectivity index (χ1) is 7.13. The van der Waals surface area contributed by atoms with Crippen LogP contribution in [0.2, 0.25) is 0 Å². The fourth-order valence-electron chi connectivity index (χ4n) is 1.08. The van der Waals surface area contributed by atoms with Crippen molar-refractivity contribution in [3.63, 3.8) is 0 Å². The van der Waals surface area contributed by atoms with Crippen molar-refractivity contribution in [1.29, 1.82) is 0 Å². The Bertz CT molecular complexity index is 252. The van der Waals surface area contributed by atoms with Gasteiger partial charge >= 0.3 is 5.97 Å². The largest absolute Gasteiger partial charge is 0.481 e. The van der Waals surface area contributed by atoms with Gasteiger partial charge in [-0.05, 0) is 32.3 Å². The number of rotatable bonds is 8. The predicted octanol–water partition coefficient (Wildman–Crippen LogP) is 2.72. The number of unbranched alkanes of at least 4 members (excludes halogenated alkanes) is 3. The lowest BCUT2D eigenvalue weighted by Crippen LogP contribution is -1.93. The first kappa shape index (κ1) is 13.6. The molecule has 0 aromatic heterocycles. The fourth-order valence-corrected chi connectivity index (χ4v) is 1.08. The molecule has 0 radical (unpaired) electrons. The number of carboxylic acid groups (broad SMARTS) is 1. The van der Waals surface area contributed by atoms with Gasteiger partial charge in [-0.3, -0.25) is 9.59 Å². The number of carboxylic acids is 1. The minimum absolute atomic E-state index is 0.0427. The second kappa shape index (κ2) is 9.19. The topological polar surface area (TPSA) is 54.4 Å². The Morgan fingerprint density at radius 2 is 1.87 bits per heavy atom. The van der Waals surface area contributed by atoms with E-state index in [4.69, 9.17) is 5.11 Å². The van der Waals surface area contributed by atoms with Gasteiger partial charge in [-0.15, -0.1) is 0 Å². The number of carbonyl (C=O) groups excluding carboxylic acids is 1. The third-order valence-electron chi connectivity index (χ3n) is 1.84. The lowest BCUT2D eigenvalue weighted by atomic mass is 10.1. The minimum Gasteiger partial charge on any atom is -0.481 e. The molecule has 0 rings (SSSR count). The molecule has 1 N–H and O–H groups in total. The van der Waals surface area contributed by atoms with Crippen LogP contribution in [-0.2, 0) is 9.59 Å². The molecule has 84 valence electrons. The van der Waals surface area contributed by atoms with Crippen molar-refractivity contribution in [3.05, 3.63) is 24.3 Å². The van der Waals surface area contributed by atoms with E-state index >= 15 is 0 Å². The van der Waals surface area contributed by atoms with Crippen LogP contribution < -0.4 is 0 Å². The number of hydrogen-bond donors (Lipinski definition) is 1. The summed E-state index contributed by atoms with van der Waals surface area (Å²) in [6.07, 6.45) is 10.9. The Labute approximate surface area is 90.5 Å². The third-order valence-corrected chi connectivity index (χ3v) is 1.84. The van der Waals surface area contributed by atoms with Gasteiger partial charge < -0.3 is 5.11 Å². The number of allylic oxidation sites excluding steroid dienone is 4. The average molecular weight is 210 g/mol. The van der Waals surface area contributed by atoms with Crippen molar-refractivity contribution in [3.8, 4) is 0 Å². The number of aliphatic carboxylic acids is 1. The summed E-state index contributed by atoms with van der Waals surface area (Å²) in [6.45, 7) is 1.51. The van der Waals surface area contributed by atoms with Crippen LogP contribution in [0.4, 0.5) is 0 Å². The second-order valence-corrected chi connectivity index (χ2v) is 3.39. The molecule has 0 heterocycles. The second-order valence-electron chi connectivity index (χ2n) is 3.39. The summed E-state index contributed by atoms with van der Waals surface area (Å²) in [5.41, 5.74) is 0. The molecule has 0 aliphatic rings. The zero-order valence-corrected chi connectivity index (χ0v) is 9.11. The normalized spacial score (nSPS) is 11.3. The number of carbonyl (C=O) groups is 2. The van der Waals surface area contributed by atoms with E-state index in [-0.39, 0.29) is 12.2 Å². The van der Waals surface area contributed by atoms with Gasteiger partial charge in [-0.1, -0.05) is 24.6 Å². The van der Waals surface area contributed by atoms with Gasteiger partial charge in [0.05, 0.1) is 0 Å². The van der Waals surface area contributed by atoms with Crippen LogP contribution in [0.5, 0.6) is 0 Å². The molecule has 0 saturated heterocycles. The maximum absolute atomic E-state index is 10.5. The van der Waals surface area contributed by atoms with Gasteiger partial charge in [0.15, 0.2) is 5.78 Å². The van der Waals surface area contributed by atoms with Crippen molar-refractivity contribution < 1.29 is 14.7 Å². The zero-order chi connectivity index (χ0) is 11.5. The van der Waals surface area contributed by atoms with Crippen LogP contribution in [-0.4, -0.2) is 16.9 Å². The van der Waals surface area contributed by atoms with E-state index in [9.17, 15) is 9.59 Å². The maximum atomic E-state index is 10.5. The van der Waals surface area contributed by atoms with Crippen molar-refractivity contribution in [2.75, 3.05) is 0 Å². The lowest BCUT2D eigenvalue weighted by Gasteiger charge is -1.94. The summed E-state index contributed by atoms with van der Waals surface area (Å²) >= 11 is 0. The molecule has 3 nitrogen and oxygen atoms in total. The van der Waals surface area contributed by atoms with E-state index in [1.54, 1.807) is 6.08 Å².